The number of rotatable bonds is 5. The van der Waals surface area contributed by atoms with E-state index in [9.17, 15) is 18.3 Å². The first kappa shape index (κ1) is 16.3. The average molecular weight is 304 g/mol. The summed E-state index contributed by atoms with van der Waals surface area (Å²) < 4.78 is 37.7. The topological polar surface area (TPSA) is 99.1 Å². The monoisotopic (exact) mass is 304 g/mol. The van der Waals surface area contributed by atoms with Gasteiger partial charge in [-0.25, -0.2) is 13.2 Å². The molecule has 1 aromatic carbocycles. The fourth-order valence-electron chi connectivity index (χ4n) is 1.64. The summed E-state index contributed by atoms with van der Waals surface area (Å²) >= 11 is 0. The smallest absolute Gasteiger partial charge is 0.339 e. The molecule has 0 aliphatic heterocycles. The number of carbonyl (C=O) groups is 1. The zero-order valence-electron chi connectivity index (χ0n) is 11.5. The number of benzene rings is 1. The SMILES string of the molecule is COC(=O)C(O)c1cc(OC)c(S(C)(=O)=O)cc1OC. The Morgan fingerprint density at radius 1 is 1.15 bits per heavy atom. The Hall–Kier alpha value is -1.80. The first-order chi connectivity index (χ1) is 9.26. The van der Waals surface area contributed by atoms with Gasteiger partial charge in [-0.15, -0.1) is 0 Å². The number of aliphatic hydroxyl groups excluding tert-OH is 1. The number of ether oxygens (including phenoxy) is 3. The van der Waals surface area contributed by atoms with Crippen molar-refractivity contribution in [3.05, 3.63) is 17.7 Å². The van der Waals surface area contributed by atoms with Gasteiger partial charge in [-0.3, -0.25) is 0 Å². The van der Waals surface area contributed by atoms with E-state index in [0.717, 1.165) is 13.4 Å². The van der Waals surface area contributed by atoms with Crippen molar-refractivity contribution in [2.24, 2.45) is 0 Å². The average Bonchev–Trinajstić information content (AvgIpc) is 2.42. The third-order valence-corrected chi connectivity index (χ3v) is 3.75. The Morgan fingerprint density at radius 3 is 2.10 bits per heavy atom. The van der Waals surface area contributed by atoms with Crippen LogP contribution in [0.25, 0.3) is 0 Å². The van der Waals surface area contributed by atoms with Crippen molar-refractivity contribution < 1.29 is 32.5 Å². The molecule has 1 rings (SSSR count). The highest BCUT2D eigenvalue weighted by Crippen LogP contribution is 2.35. The van der Waals surface area contributed by atoms with E-state index in [1.165, 1.54) is 26.4 Å². The van der Waals surface area contributed by atoms with Crippen LogP contribution in [0.3, 0.4) is 0 Å². The van der Waals surface area contributed by atoms with Crippen LogP contribution in [0.5, 0.6) is 11.5 Å². The standard InChI is InChI=1S/C12H16O7S/c1-17-8-6-10(20(4,15)16)9(18-2)5-7(8)11(13)12(14)19-3/h5-6,11,13H,1-4H3. The summed E-state index contributed by atoms with van der Waals surface area (Å²) in [6.07, 6.45) is -0.585. The first-order valence-electron chi connectivity index (χ1n) is 5.48. The van der Waals surface area contributed by atoms with Crippen molar-refractivity contribution in [3.8, 4) is 11.5 Å². The molecule has 0 saturated heterocycles. The fraction of sp³-hybridized carbons (Fsp3) is 0.417. The molecule has 1 N–H and O–H groups in total. The summed E-state index contributed by atoms with van der Waals surface area (Å²) in [5.41, 5.74) is 0.0589. The van der Waals surface area contributed by atoms with E-state index in [1.54, 1.807) is 0 Å². The second kappa shape index (κ2) is 6.10. The van der Waals surface area contributed by atoms with Crippen molar-refractivity contribution >= 4 is 15.8 Å². The van der Waals surface area contributed by atoms with Gasteiger partial charge in [0, 0.05) is 17.9 Å². The second-order valence-corrected chi connectivity index (χ2v) is 5.93. The van der Waals surface area contributed by atoms with E-state index < -0.39 is 21.9 Å². The zero-order valence-corrected chi connectivity index (χ0v) is 12.4. The Bertz CT molecular complexity index is 606. The lowest BCUT2D eigenvalue weighted by Gasteiger charge is -2.16. The van der Waals surface area contributed by atoms with Crippen LogP contribution in [0.1, 0.15) is 11.7 Å². The molecule has 0 aliphatic rings. The van der Waals surface area contributed by atoms with Gasteiger partial charge in [-0.1, -0.05) is 0 Å². The lowest BCUT2D eigenvalue weighted by atomic mass is 10.1. The van der Waals surface area contributed by atoms with Crippen molar-refractivity contribution in [3.63, 3.8) is 0 Å². The Labute approximate surface area is 117 Å². The van der Waals surface area contributed by atoms with Crippen LogP contribution in [-0.2, 0) is 19.4 Å². The number of carbonyl (C=O) groups excluding carboxylic acids is 1. The Balaban J connectivity index is 3.52. The normalized spacial score (nSPS) is 12.7. The molecule has 1 unspecified atom stereocenters. The highest BCUT2D eigenvalue weighted by molar-refractivity contribution is 7.90. The molecular weight excluding hydrogens is 288 g/mol. The maximum Gasteiger partial charge on any atom is 0.339 e. The van der Waals surface area contributed by atoms with Crippen LogP contribution in [0.2, 0.25) is 0 Å². The molecule has 0 amide bonds. The van der Waals surface area contributed by atoms with Crippen LogP contribution in [0, 0.1) is 0 Å². The minimum atomic E-state index is -3.55. The maximum absolute atomic E-state index is 11.7. The van der Waals surface area contributed by atoms with Gasteiger partial charge in [-0.2, -0.15) is 0 Å². The highest BCUT2D eigenvalue weighted by atomic mass is 32.2. The molecule has 0 fully saturated rings. The van der Waals surface area contributed by atoms with E-state index in [0.29, 0.717) is 0 Å². The molecule has 0 saturated carbocycles. The van der Waals surface area contributed by atoms with Gasteiger partial charge in [-0.05, 0) is 6.07 Å². The Morgan fingerprint density at radius 2 is 1.70 bits per heavy atom. The lowest BCUT2D eigenvalue weighted by Crippen LogP contribution is -2.15. The van der Waals surface area contributed by atoms with E-state index >= 15 is 0 Å². The van der Waals surface area contributed by atoms with Crippen LogP contribution < -0.4 is 9.47 Å². The van der Waals surface area contributed by atoms with Crippen LogP contribution in [-0.4, -0.2) is 47.1 Å². The molecule has 112 valence electrons. The largest absolute Gasteiger partial charge is 0.496 e. The number of hydrogen-bond donors (Lipinski definition) is 1. The quantitative estimate of drug-likeness (QED) is 0.782. The number of hydrogen-bond acceptors (Lipinski definition) is 7. The van der Waals surface area contributed by atoms with Gasteiger partial charge in [0.25, 0.3) is 0 Å². The van der Waals surface area contributed by atoms with Crippen LogP contribution in [0.4, 0.5) is 0 Å². The second-order valence-electron chi connectivity index (χ2n) is 3.94. The van der Waals surface area contributed by atoms with E-state index in [-0.39, 0.29) is 22.0 Å². The molecule has 0 bridgehead atoms. The summed E-state index contributed by atoms with van der Waals surface area (Å²) in [5.74, 6) is -0.840. The number of esters is 1. The molecule has 0 heterocycles. The lowest BCUT2D eigenvalue weighted by molar-refractivity contribution is -0.150. The molecular formula is C12H16O7S. The van der Waals surface area contributed by atoms with Crippen LogP contribution >= 0.6 is 0 Å². The summed E-state index contributed by atoms with van der Waals surface area (Å²) in [5, 5.41) is 9.86. The summed E-state index contributed by atoms with van der Waals surface area (Å²) in [6.45, 7) is 0. The number of methoxy groups -OCH3 is 3. The molecule has 20 heavy (non-hydrogen) atoms. The van der Waals surface area contributed by atoms with E-state index in [2.05, 4.69) is 4.74 Å². The molecule has 1 atom stereocenters. The molecule has 0 aromatic heterocycles. The van der Waals surface area contributed by atoms with Gasteiger partial charge in [0.15, 0.2) is 15.9 Å². The zero-order chi connectivity index (χ0) is 15.5. The molecule has 0 radical (unpaired) electrons. The van der Waals surface area contributed by atoms with Gasteiger partial charge in [0.05, 0.1) is 21.3 Å². The van der Waals surface area contributed by atoms with Crippen molar-refractivity contribution in [1.82, 2.24) is 0 Å². The molecule has 0 spiro atoms. The van der Waals surface area contributed by atoms with Crippen molar-refractivity contribution in [2.45, 2.75) is 11.0 Å². The van der Waals surface area contributed by atoms with E-state index in [1.807, 2.05) is 0 Å². The summed E-state index contributed by atoms with van der Waals surface area (Å²) in [6, 6.07) is 2.42. The molecule has 0 aliphatic carbocycles. The Kier molecular flexibility index (Phi) is 4.96. The molecule has 8 heteroatoms. The number of sulfone groups is 1. The minimum Gasteiger partial charge on any atom is -0.496 e. The van der Waals surface area contributed by atoms with Crippen LogP contribution in [0.15, 0.2) is 17.0 Å². The summed E-state index contributed by atoms with van der Waals surface area (Å²) in [7, 11) is 0.151. The number of aliphatic hydroxyl groups is 1. The predicted molar refractivity (Wildman–Crippen MR) is 69.6 cm³/mol. The maximum atomic E-state index is 11.7. The van der Waals surface area contributed by atoms with Crippen molar-refractivity contribution in [1.29, 1.82) is 0 Å². The van der Waals surface area contributed by atoms with Gasteiger partial charge < -0.3 is 19.3 Å². The third kappa shape index (κ3) is 3.20. The predicted octanol–water partition coefficient (Wildman–Crippen LogP) is 0.314. The van der Waals surface area contributed by atoms with Gasteiger partial charge in [0.1, 0.15) is 16.4 Å². The van der Waals surface area contributed by atoms with Gasteiger partial charge in [0.2, 0.25) is 0 Å². The molecule has 1 aromatic rings. The van der Waals surface area contributed by atoms with Crippen molar-refractivity contribution in [2.75, 3.05) is 27.6 Å². The molecule has 7 nitrogen and oxygen atoms in total. The third-order valence-electron chi connectivity index (χ3n) is 2.63. The highest BCUT2D eigenvalue weighted by Gasteiger charge is 2.26. The minimum absolute atomic E-state index is 0.00579. The van der Waals surface area contributed by atoms with Gasteiger partial charge >= 0.3 is 5.97 Å². The summed E-state index contributed by atoms with van der Waals surface area (Å²) in [4.78, 5) is 11.3. The van der Waals surface area contributed by atoms with E-state index in [4.69, 9.17) is 9.47 Å². The first-order valence-corrected chi connectivity index (χ1v) is 7.37. The fourth-order valence-corrected chi connectivity index (χ4v) is 2.46.